The molecule has 0 fully saturated rings. The van der Waals surface area contributed by atoms with Gasteiger partial charge in [0.05, 0.1) is 12.2 Å². The maximum Gasteiger partial charge on any atom is 0.233 e. The zero-order valence-corrected chi connectivity index (χ0v) is 11.1. The minimum Gasteiger partial charge on any atom is -0.235 e. The number of sulfonamides is 1. The molecule has 0 atom stereocenters. The second-order valence-corrected chi connectivity index (χ2v) is 5.57. The highest BCUT2D eigenvalue weighted by Gasteiger charge is 2.12. The molecule has 1 N–H and O–H groups in total. The molecule has 0 radical (unpaired) electrons. The van der Waals surface area contributed by atoms with Gasteiger partial charge in [0.1, 0.15) is 5.69 Å². The summed E-state index contributed by atoms with van der Waals surface area (Å²) < 4.78 is 52.7. The number of hydrogen-bond acceptors (Lipinski definition) is 3. The summed E-state index contributed by atoms with van der Waals surface area (Å²) in [4.78, 5) is 0. The summed E-state index contributed by atoms with van der Waals surface area (Å²) >= 11 is 0. The van der Waals surface area contributed by atoms with Gasteiger partial charge in [0, 0.05) is 11.6 Å². The van der Waals surface area contributed by atoms with E-state index < -0.39 is 21.7 Å². The molecule has 0 aliphatic heterocycles. The van der Waals surface area contributed by atoms with Gasteiger partial charge >= 0.3 is 0 Å². The summed E-state index contributed by atoms with van der Waals surface area (Å²) in [6.45, 7) is 3.05. The Labute approximate surface area is 114 Å². The Bertz CT molecular complexity index is 721. The normalized spacial score (nSPS) is 11.5. The van der Waals surface area contributed by atoms with Crippen molar-refractivity contribution in [3.8, 4) is 5.69 Å². The molecule has 106 valence electrons. The van der Waals surface area contributed by atoms with Gasteiger partial charge in [0.2, 0.25) is 10.0 Å². The molecule has 1 aromatic heterocycles. The predicted octanol–water partition coefficient (Wildman–Crippen LogP) is 1.71. The average molecular weight is 299 g/mol. The highest BCUT2D eigenvalue weighted by molar-refractivity contribution is 7.92. The van der Waals surface area contributed by atoms with Crippen LogP contribution >= 0.6 is 0 Å². The largest absolute Gasteiger partial charge is 0.235 e. The Morgan fingerprint density at radius 2 is 1.95 bits per heavy atom. The van der Waals surface area contributed by atoms with Crippen molar-refractivity contribution in [2.75, 3.05) is 0 Å². The Kier molecular flexibility index (Phi) is 3.96. The summed E-state index contributed by atoms with van der Waals surface area (Å²) in [5.74, 6) is -1.52. The van der Waals surface area contributed by atoms with Crippen LogP contribution in [0, 0.1) is 11.6 Å². The van der Waals surface area contributed by atoms with E-state index in [0.29, 0.717) is 5.69 Å². The Morgan fingerprint density at radius 3 is 2.55 bits per heavy atom. The molecule has 0 unspecified atom stereocenters. The van der Waals surface area contributed by atoms with Crippen molar-refractivity contribution in [1.82, 2.24) is 14.5 Å². The third-order valence-corrected chi connectivity index (χ3v) is 3.47. The smallest absolute Gasteiger partial charge is 0.233 e. The topological polar surface area (TPSA) is 64.0 Å². The van der Waals surface area contributed by atoms with Gasteiger partial charge in [-0.15, -0.1) is 0 Å². The molecule has 0 saturated carbocycles. The average Bonchev–Trinajstić information content (AvgIpc) is 2.85. The molecule has 0 bridgehead atoms. The monoisotopic (exact) mass is 299 g/mol. The molecule has 0 saturated heterocycles. The first kappa shape index (κ1) is 14.4. The van der Waals surface area contributed by atoms with Gasteiger partial charge in [-0.1, -0.05) is 12.6 Å². The van der Waals surface area contributed by atoms with Crippen molar-refractivity contribution in [1.29, 1.82) is 0 Å². The van der Waals surface area contributed by atoms with Crippen LogP contribution in [0.25, 0.3) is 5.69 Å². The second kappa shape index (κ2) is 5.51. The standard InChI is InChI=1S/C12H11F2N3O2S/c1-2-20(18,19)15-8-9-6-7-17(16-9)12-10(13)4-3-5-11(12)14/h2-7,15H,1,8H2. The first-order chi connectivity index (χ1) is 9.43. The number of nitrogens with zero attached hydrogens (tertiary/aromatic N) is 2. The molecular formula is C12H11F2N3O2S. The molecule has 1 aromatic carbocycles. The lowest BCUT2D eigenvalue weighted by Gasteiger charge is -2.04. The van der Waals surface area contributed by atoms with Crippen LogP contribution in [0.2, 0.25) is 0 Å². The number of rotatable bonds is 5. The fourth-order valence-electron chi connectivity index (χ4n) is 1.52. The van der Waals surface area contributed by atoms with Gasteiger partial charge in [-0.3, -0.25) is 0 Å². The highest BCUT2D eigenvalue weighted by atomic mass is 32.2. The lowest BCUT2D eigenvalue weighted by atomic mass is 10.3. The molecule has 20 heavy (non-hydrogen) atoms. The Balaban J connectivity index is 2.24. The molecular weight excluding hydrogens is 288 g/mol. The Morgan fingerprint density at radius 1 is 1.30 bits per heavy atom. The summed E-state index contributed by atoms with van der Waals surface area (Å²) in [5, 5.41) is 4.68. The second-order valence-electron chi connectivity index (χ2n) is 3.85. The molecule has 2 aromatic rings. The van der Waals surface area contributed by atoms with Crippen molar-refractivity contribution in [2.24, 2.45) is 0 Å². The highest BCUT2D eigenvalue weighted by Crippen LogP contribution is 2.16. The van der Waals surface area contributed by atoms with E-state index in [1.165, 1.54) is 18.3 Å². The maximum absolute atomic E-state index is 13.5. The zero-order valence-electron chi connectivity index (χ0n) is 10.3. The predicted molar refractivity (Wildman–Crippen MR) is 69.4 cm³/mol. The first-order valence-electron chi connectivity index (χ1n) is 5.54. The van der Waals surface area contributed by atoms with Gasteiger partial charge in [-0.2, -0.15) is 5.10 Å². The lowest BCUT2D eigenvalue weighted by Crippen LogP contribution is -2.20. The summed E-state index contributed by atoms with van der Waals surface area (Å²) in [7, 11) is -3.57. The van der Waals surface area contributed by atoms with Crippen molar-refractivity contribution in [3.63, 3.8) is 0 Å². The fourth-order valence-corrected chi connectivity index (χ4v) is 1.99. The number of aromatic nitrogens is 2. The molecule has 1 heterocycles. The van der Waals surface area contributed by atoms with E-state index >= 15 is 0 Å². The first-order valence-corrected chi connectivity index (χ1v) is 7.08. The fraction of sp³-hybridized carbons (Fsp3) is 0.0833. The van der Waals surface area contributed by atoms with Crippen LogP contribution in [0.4, 0.5) is 8.78 Å². The summed E-state index contributed by atoms with van der Waals surface area (Å²) in [6.07, 6.45) is 1.35. The van der Waals surface area contributed by atoms with E-state index in [-0.39, 0.29) is 12.2 Å². The zero-order chi connectivity index (χ0) is 14.8. The van der Waals surface area contributed by atoms with Crippen molar-refractivity contribution in [3.05, 3.63) is 59.8 Å². The summed E-state index contributed by atoms with van der Waals surface area (Å²) in [6, 6.07) is 4.93. The van der Waals surface area contributed by atoms with Gasteiger partial charge < -0.3 is 0 Å². The quantitative estimate of drug-likeness (QED) is 0.914. The van der Waals surface area contributed by atoms with E-state index in [2.05, 4.69) is 16.4 Å². The van der Waals surface area contributed by atoms with Crippen LogP contribution < -0.4 is 4.72 Å². The number of halogens is 2. The van der Waals surface area contributed by atoms with Gasteiger partial charge in [0.15, 0.2) is 11.6 Å². The van der Waals surface area contributed by atoms with Gasteiger partial charge in [-0.05, 0) is 18.2 Å². The summed E-state index contributed by atoms with van der Waals surface area (Å²) in [5.41, 5.74) is 0.00315. The third kappa shape index (κ3) is 3.09. The van der Waals surface area contributed by atoms with E-state index in [0.717, 1.165) is 22.2 Å². The number of benzene rings is 1. The van der Waals surface area contributed by atoms with E-state index in [1.54, 1.807) is 0 Å². The van der Waals surface area contributed by atoms with E-state index in [1.807, 2.05) is 0 Å². The molecule has 0 amide bonds. The number of hydrogen-bond donors (Lipinski definition) is 1. The van der Waals surface area contributed by atoms with E-state index in [4.69, 9.17) is 0 Å². The van der Waals surface area contributed by atoms with Crippen molar-refractivity contribution < 1.29 is 17.2 Å². The van der Waals surface area contributed by atoms with Gasteiger partial charge in [-0.25, -0.2) is 26.6 Å². The van der Waals surface area contributed by atoms with Crippen molar-refractivity contribution in [2.45, 2.75) is 6.54 Å². The molecule has 0 aliphatic carbocycles. The van der Waals surface area contributed by atoms with Crippen LogP contribution in [0.1, 0.15) is 5.69 Å². The van der Waals surface area contributed by atoms with Crippen LogP contribution in [0.15, 0.2) is 42.4 Å². The SMILES string of the molecule is C=CS(=O)(=O)NCc1ccn(-c2c(F)cccc2F)n1. The third-order valence-electron chi connectivity index (χ3n) is 2.48. The van der Waals surface area contributed by atoms with Crippen LogP contribution in [-0.4, -0.2) is 18.2 Å². The maximum atomic E-state index is 13.5. The van der Waals surface area contributed by atoms with Crippen LogP contribution in [0.5, 0.6) is 0 Å². The van der Waals surface area contributed by atoms with Crippen LogP contribution in [0.3, 0.4) is 0 Å². The molecule has 2 rings (SSSR count). The molecule has 8 heteroatoms. The minimum atomic E-state index is -3.57. The minimum absolute atomic E-state index is 0.0998. The van der Waals surface area contributed by atoms with Crippen molar-refractivity contribution >= 4 is 10.0 Å². The Hall–Kier alpha value is -2.06. The van der Waals surface area contributed by atoms with Crippen LogP contribution in [-0.2, 0) is 16.6 Å². The van der Waals surface area contributed by atoms with Gasteiger partial charge in [0.25, 0.3) is 0 Å². The number of nitrogens with one attached hydrogen (secondary N) is 1. The lowest BCUT2D eigenvalue weighted by molar-refractivity contribution is 0.558. The molecule has 5 nitrogen and oxygen atoms in total. The number of para-hydroxylation sites is 1. The van der Waals surface area contributed by atoms with E-state index in [9.17, 15) is 17.2 Å². The molecule has 0 spiro atoms. The molecule has 0 aliphatic rings.